The van der Waals surface area contributed by atoms with Gasteiger partial charge in [-0.15, -0.1) is 0 Å². The highest BCUT2D eigenvalue weighted by Gasteiger charge is 2.13. The molecule has 1 aliphatic heterocycles. The van der Waals surface area contributed by atoms with Gasteiger partial charge in [0.25, 0.3) is 5.91 Å². The van der Waals surface area contributed by atoms with Crippen molar-refractivity contribution < 1.29 is 19.2 Å². The van der Waals surface area contributed by atoms with Crippen LogP contribution in [0.1, 0.15) is 5.56 Å². The number of benzene rings is 1. The van der Waals surface area contributed by atoms with Gasteiger partial charge in [0.2, 0.25) is 0 Å². The first-order chi connectivity index (χ1) is 10.1. The zero-order valence-corrected chi connectivity index (χ0v) is 13.9. The van der Waals surface area contributed by atoms with Gasteiger partial charge in [0.05, 0.1) is 30.8 Å². The number of quaternary nitrogens is 1. The van der Waals surface area contributed by atoms with Gasteiger partial charge in [-0.1, -0.05) is 6.07 Å². The minimum atomic E-state index is -0.0878. The van der Waals surface area contributed by atoms with Crippen LogP contribution in [0.2, 0.25) is 0 Å². The zero-order valence-electron chi connectivity index (χ0n) is 12.3. The van der Waals surface area contributed by atoms with Gasteiger partial charge in [0.1, 0.15) is 18.8 Å². The fraction of sp³-hybridized carbons (Fsp3) is 0.533. The van der Waals surface area contributed by atoms with Crippen molar-refractivity contribution in [3.8, 4) is 5.75 Å². The first kappa shape index (κ1) is 16.3. The van der Waals surface area contributed by atoms with Gasteiger partial charge in [-0.3, -0.25) is 4.79 Å². The largest absolute Gasteiger partial charge is 0.483 e. The van der Waals surface area contributed by atoms with Crippen LogP contribution >= 0.6 is 15.9 Å². The molecule has 6 heteroatoms. The highest BCUT2D eigenvalue weighted by atomic mass is 79.9. The summed E-state index contributed by atoms with van der Waals surface area (Å²) < 4.78 is 11.7. The number of carbonyl (C=O) groups excluding carboxylic acids is 1. The summed E-state index contributed by atoms with van der Waals surface area (Å²) >= 11 is 3.43. The lowest BCUT2D eigenvalue weighted by atomic mass is 10.2. The molecule has 1 saturated heterocycles. The minimum Gasteiger partial charge on any atom is -0.483 e. The van der Waals surface area contributed by atoms with E-state index in [0.29, 0.717) is 12.3 Å². The van der Waals surface area contributed by atoms with Crippen LogP contribution in [0, 0.1) is 6.92 Å². The number of amides is 1. The quantitative estimate of drug-likeness (QED) is 0.762. The van der Waals surface area contributed by atoms with Crippen molar-refractivity contribution >= 4 is 21.8 Å². The molecule has 2 N–H and O–H groups in total. The molecule has 0 aromatic heterocycles. The third-order valence-electron chi connectivity index (χ3n) is 3.45. The van der Waals surface area contributed by atoms with Crippen LogP contribution in [0.4, 0.5) is 0 Å². The number of ether oxygens (including phenoxy) is 2. The molecule has 2 rings (SSSR count). The van der Waals surface area contributed by atoms with Crippen LogP contribution in [0.25, 0.3) is 0 Å². The Morgan fingerprint density at radius 3 is 2.90 bits per heavy atom. The molecule has 0 saturated carbocycles. The van der Waals surface area contributed by atoms with E-state index in [0.717, 1.165) is 42.9 Å². The van der Waals surface area contributed by atoms with Gasteiger partial charge in [0, 0.05) is 0 Å². The molecular weight excluding hydrogens is 336 g/mol. The Labute approximate surface area is 133 Å². The lowest BCUT2D eigenvalue weighted by molar-refractivity contribution is -0.906. The van der Waals surface area contributed by atoms with E-state index >= 15 is 0 Å². The molecule has 1 aromatic carbocycles. The summed E-state index contributed by atoms with van der Waals surface area (Å²) in [5.41, 5.74) is 1.15. The van der Waals surface area contributed by atoms with Crippen LogP contribution < -0.4 is 15.0 Å². The summed E-state index contributed by atoms with van der Waals surface area (Å²) in [5.74, 6) is 0.602. The maximum atomic E-state index is 11.8. The number of rotatable bonds is 6. The topological polar surface area (TPSA) is 52.0 Å². The van der Waals surface area contributed by atoms with E-state index in [4.69, 9.17) is 9.47 Å². The molecule has 116 valence electrons. The van der Waals surface area contributed by atoms with E-state index in [1.54, 1.807) is 0 Å². The van der Waals surface area contributed by atoms with Gasteiger partial charge in [-0.2, -0.15) is 0 Å². The molecule has 1 fully saturated rings. The fourth-order valence-electron chi connectivity index (χ4n) is 2.21. The maximum Gasteiger partial charge on any atom is 0.258 e. The molecule has 21 heavy (non-hydrogen) atoms. The number of nitrogens with one attached hydrogen (secondary N) is 2. The molecule has 0 aliphatic carbocycles. The maximum absolute atomic E-state index is 11.8. The monoisotopic (exact) mass is 357 g/mol. The Hall–Kier alpha value is -1.11. The Balaban J connectivity index is 1.65. The first-order valence-corrected chi connectivity index (χ1v) is 8.01. The molecule has 0 radical (unpaired) electrons. The first-order valence-electron chi connectivity index (χ1n) is 7.22. The van der Waals surface area contributed by atoms with E-state index in [2.05, 4.69) is 21.2 Å². The molecule has 0 spiro atoms. The van der Waals surface area contributed by atoms with Crippen molar-refractivity contribution in [3.05, 3.63) is 28.2 Å². The predicted molar refractivity (Wildman–Crippen MR) is 83.8 cm³/mol. The minimum absolute atomic E-state index is 0.0418. The molecule has 0 atom stereocenters. The Morgan fingerprint density at radius 2 is 2.19 bits per heavy atom. The van der Waals surface area contributed by atoms with E-state index in [1.165, 1.54) is 4.90 Å². The van der Waals surface area contributed by atoms with E-state index in [9.17, 15) is 4.79 Å². The van der Waals surface area contributed by atoms with Crippen LogP contribution in [-0.4, -0.2) is 51.9 Å². The molecule has 1 heterocycles. The number of hydrogen-bond acceptors (Lipinski definition) is 3. The van der Waals surface area contributed by atoms with Gasteiger partial charge in [-0.05, 0) is 40.5 Å². The number of hydrogen-bond donors (Lipinski definition) is 2. The van der Waals surface area contributed by atoms with E-state index in [1.807, 2.05) is 25.1 Å². The molecule has 1 aliphatic rings. The summed E-state index contributed by atoms with van der Waals surface area (Å²) in [7, 11) is 0. The number of aryl methyl sites for hydroxylation is 1. The van der Waals surface area contributed by atoms with Crippen molar-refractivity contribution in [2.24, 2.45) is 0 Å². The third kappa shape index (κ3) is 5.65. The summed E-state index contributed by atoms with van der Waals surface area (Å²) in [5, 5.41) is 2.89. The Morgan fingerprint density at radius 1 is 1.43 bits per heavy atom. The second kappa shape index (κ2) is 8.36. The molecule has 1 aromatic rings. The molecule has 5 nitrogen and oxygen atoms in total. The fourth-order valence-corrected chi connectivity index (χ4v) is 2.81. The van der Waals surface area contributed by atoms with E-state index < -0.39 is 0 Å². The lowest BCUT2D eigenvalue weighted by Gasteiger charge is -2.23. The van der Waals surface area contributed by atoms with Gasteiger partial charge >= 0.3 is 0 Å². The summed E-state index contributed by atoms with van der Waals surface area (Å²) in [6.07, 6.45) is 0. The van der Waals surface area contributed by atoms with E-state index in [-0.39, 0.29) is 12.5 Å². The average Bonchev–Trinajstić information content (AvgIpc) is 2.47. The SMILES string of the molecule is Cc1ccc(OCC(=O)NCC[NH+]2CCOCC2)c(Br)c1. The molecular formula is C15H22BrN2O3+. The number of carbonyl (C=O) groups is 1. The second-order valence-electron chi connectivity index (χ2n) is 5.18. The summed E-state index contributed by atoms with van der Waals surface area (Å²) in [6, 6.07) is 5.79. The summed E-state index contributed by atoms with van der Waals surface area (Å²) in [6.45, 7) is 7.32. The summed E-state index contributed by atoms with van der Waals surface area (Å²) in [4.78, 5) is 13.2. The van der Waals surface area contributed by atoms with Crippen molar-refractivity contribution in [2.45, 2.75) is 6.92 Å². The van der Waals surface area contributed by atoms with Gasteiger partial charge < -0.3 is 19.7 Å². The Bertz CT molecular complexity index is 476. The normalized spacial score (nSPS) is 15.7. The Kier molecular flexibility index (Phi) is 6.48. The van der Waals surface area contributed by atoms with Crippen molar-refractivity contribution in [3.63, 3.8) is 0 Å². The van der Waals surface area contributed by atoms with Crippen LogP contribution in [-0.2, 0) is 9.53 Å². The van der Waals surface area contributed by atoms with Gasteiger partial charge in [-0.25, -0.2) is 0 Å². The van der Waals surface area contributed by atoms with Crippen molar-refractivity contribution in [1.29, 1.82) is 0 Å². The lowest BCUT2D eigenvalue weighted by Crippen LogP contribution is -3.14. The van der Waals surface area contributed by atoms with Crippen LogP contribution in [0.3, 0.4) is 0 Å². The third-order valence-corrected chi connectivity index (χ3v) is 4.07. The zero-order chi connectivity index (χ0) is 15.1. The predicted octanol–water partition coefficient (Wildman–Crippen LogP) is 0.168. The van der Waals surface area contributed by atoms with Gasteiger partial charge in [0.15, 0.2) is 6.61 Å². The molecule has 1 amide bonds. The van der Waals surface area contributed by atoms with Crippen molar-refractivity contribution in [2.75, 3.05) is 46.0 Å². The molecule has 0 bridgehead atoms. The average molecular weight is 358 g/mol. The second-order valence-corrected chi connectivity index (χ2v) is 6.04. The number of morpholine rings is 1. The molecule has 0 unspecified atom stereocenters. The van der Waals surface area contributed by atoms with Crippen LogP contribution in [0.5, 0.6) is 5.75 Å². The number of halogens is 1. The standard InChI is InChI=1S/C15H21BrN2O3/c1-12-2-3-14(13(16)10-12)21-11-15(19)17-4-5-18-6-8-20-9-7-18/h2-3,10H,4-9,11H2,1H3,(H,17,19)/p+1. The smallest absolute Gasteiger partial charge is 0.258 e. The van der Waals surface area contributed by atoms with Crippen molar-refractivity contribution in [1.82, 2.24) is 5.32 Å². The highest BCUT2D eigenvalue weighted by molar-refractivity contribution is 9.10. The van der Waals surface area contributed by atoms with Crippen LogP contribution in [0.15, 0.2) is 22.7 Å². The highest BCUT2D eigenvalue weighted by Crippen LogP contribution is 2.25.